The predicted octanol–water partition coefficient (Wildman–Crippen LogP) is -0.756. The molecule has 0 radical (unpaired) electrons. The smallest absolute Gasteiger partial charge is 0.409 e. The lowest BCUT2D eigenvalue weighted by molar-refractivity contribution is -0.123. The molecule has 1 aliphatic rings. The van der Waals surface area contributed by atoms with E-state index >= 15 is 0 Å². The van der Waals surface area contributed by atoms with E-state index in [0.29, 0.717) is 26.2 Å². The molecular weight excluding hydrogens is 198 g/mol. The number of ether oxygens (including phenoxy) is 1. The van der Waals surface area contributed by atoms with Crippen LogP contribution in [0.2, 0.25) is 0 Å². The fraction of sp³-hybridized carbons (Fsp3) is 0.778. The van der Waals surface area contributed by atoms with E-state index in [0.717, 1.165) is 0 Å². The molecule has 0 aromatic heterocycles. The van der Waals surface area contributed by atoms with Gasteiger partial charge < -0.3 is 15.4 Å². The highest BCUT2D eigenvalue weighted by Crippen LogP contribution is 2.06. The number of hydrogen-bond acceptors (Lipinski definition) is 4. The van der Waals surface area contributed by atoms with E-state index in [9.17, 15) is 9.59 Å². The van der Waals surface area contributed by atoms with Crippen molar-refractivity contribution in [1.29, 1.82) is 0 Å². The number of hydrogen-bond donors (Lipinski definition) is 1. The normalized spacial score (nSPS) is 19.7. The number of nitrogens with zero attached hydrogens (tertiary/aromatic N) is 2. The number of rotatable bonds is 2. The second-order valence-electron chi connectivity index (χ2n) is 3.57. The van der Waals surface area contributed by atoms with Gasteiger partial charge >= 0.3 is 6.09 Å². The maximum absolute atomic E-state index is 11.2. The fourth-order valence-corrected chi connectivity index (χ4v) is 1.60. The molecule has 15 heavy (non-hydrogen) atoms. The standard InChI is InChI=1S/C9H17N3O3/c1-7(8(10)13)11-3-5-12(6-4-11)9(14)15-2/h7H,3-6H2,1-2H3,(H2,10,13). The van der Waals surface area contributed by atoms with Gasteiger partial charge in [0.1, 0.15) is 0 Å². The zero-order chi connectivity index (χ0) is 11.4. The van der Waals surface area contributed by atoms with Crippen LogP contribution in [0.25, 0.3) is 0 Å². The molecule has 0 bridgehead atoms. The monoisotopic (exact) mass is 215 g/mol. The van der Waals surface area contributed by atoms with Crippen LogP contribution >= 0.6 is 0 Å². The molecule has 0 aliphatic carbocycles. The number of amides is 2. The molecule has 1 atom stereocenters. The molecule has 1 heterocycles. The summed E-state index contributed by atoms with van der Waals surface area (Å²) in [7, 11) is 1.36. The van der Waals surface area contributed by atoms with Gasteiger partial charge in [-0.3, -0.25) is 9.69 Å². The van der Waals surface area contributed by atoms with E-state index in [2.05, 4.69) is 4.74 Å². The summed E-state index contributed by atoms with van der Waals surface area (Å²) in [5.41, 5.74) is 5.20. The molecule has 0 aromatic carbocycles. The third kappa shape index (κ3) is 2.82. The molecule has 0 aromatic rings. The molecule has 1 saturated heterocycles. The first-order chi connectivity index (χ1) is 7.06. The molecule has 2 N–H and O–H groups in total. The van der Waals surface area contributed by atoms with Crippen molar-refractivity contribution in [3.8, 4) is 0 Å². The van der Waals surface area contributed by atoms with Crippen LogP contribution in [-0.4, -0.2) is 61.1 Å². The van der Waals surface area contributed by atoms with Crippen molar-refractivity contribution in [2.24, 2.45) is 5.73 Å². The molecular formula is C9H17N3O3. The molecule has 2 amide bonds. The summed E-state index contributed by atoms with van der Waals surface area (Å²) in [4.78, 5) is 25.7. The number of nitrogens with two attached hydrogens (primary N) is 1. The van der Waals surface area contributed by atoms with Crippen molar-refractivity contribution in [3.05, 3.63) is 0 Å². The molecule has 1 rings (SSSR count). The molecule has 1 fully saturated rings. The number of methoxy groups -OCH3 is 1. The zero-order valence-electron chi connectivity index (χ0n) is 9.10. The lowest BCUT2D eigenvalue weighted by atomic mass is 10.2. The maximum Gasteiger partial charge on any atom is 0.409 e. The Morgan fingerprint density at radius 3 is 2.20 bits per heavy atom. The van der Waals surface area contributed by atoms with Gasteiger partial charge in [0, 0.05) is 26.2 Å². The first-order valence-corrected chi connectivity index (χ1v) is 4.92. The van der Waals surface area contributed by atoms with Gasteiger partial charge in [-0.15, -0.1) is 0 Å². The van der Waals surface area contributed by atoms with Gasteiger partial charge in [-0.05, 0) is 6.92 Å². The van der Waals surface area contributed by atoms with Gasteiger partial charge in [-0.2, -0.15) is 0 Å². The highest BCUT2D eigenvalue weighted by atomic mass is 16.5. The van der Waals surface area contributed by atoms with E-state index < -0.39 is 0 Å². The molecule has 1 unspecified atom stereocenters. The molecule has 6 heteroatoms. The zero-order valence-corrected chi connectivity index (χ0v) is 9.10. The minimum absolute atomic E-state index is 0.273. The molecule has 1 aliphatic heterocycles. The summed E-state index contributed by atoms with van der Waals surface area (Å²) in [5.74, 6) is -0.332. The van der Waals surface area contributed by atoms with Crippen molar-refractivity contribution < 1.29 is 14.3 Å². The average Bonchev–Trinajstić information content (AvgIpc) is 2.27. The molecule has 0 spiro atoms. The first-order valence-electron chi connectivity index (χ1n) is 4.92. The van der Waals surface area contributed by atoms with Crippen LogP contribution in [0, 0.1) is 0 Å². The largest absolute Gasteiger partial charge is 0.453 e. The van der Waals surface area contributed by atoms with Gasteiger partial charge in [-0.1, -0.05) is 0 Å². The molecule has 0 saturated carbocycles. The molecule has 6 nitrogen and oxygen atoms in total. The Morgan fingerprint density at radius 1 is 1.27 bits per heavy atom. The predicted molar refractivity (Wildman–Crippen MR) is 54.2 cm³/mol. The van der Waals surface area contributed by atoms with Gasteiger partial charge in [0.15, 0.2) is 0 Å². The van der Waals surface area contributed by atoms with Gasteiger partial charge in [-0.25, -0.2) is 4.79 Å². The van der Waals surface area contributed by atoms with Crippen LogP contribution in [0.5, 0.6) is 0 Å². The SMILES string of the molecule is COC(=O)N1CCN(C(C)C(N)=O)CC1. The number of primary amides is 1. The van der Waals surface area contributed by atoms with Crippen LogP contribution < -0.4 is 5.73 Å². The van der Waals surface area contributed by atoms with Crippen LogP contribution in [0.15, 0.2) is 0 Å². The second-order valence-corrected chi connectivity index (χ2v) is 3.57. The third-order valence-corrected chi connectivity index (χ3v) is 2.71. The highest BCUT2D eigenvalue weighted by Gasteiger charge is 2.26. The maximum atomic E-state index is 11.2. The van der Waals surface area contributed by atoms with Gasteiger partial charge in [0.25, 0.3) is 0 Å². The Morgan fingerprint density at radius 2 is 1.80 bits per heavy atom. The van der Waals surface area contributed by atoms with E-state index in [1.54, 1.807) is 11.8 Å². The Bertz CT molecular complexity index is 249. The van der Waals surface area contributed by atoms with Crippen LogP contribution in [0.1, 0.15) is 6.92 Å². The van der Waals surface area contributed by atoms with E-state index in [4.69, 9.17) is 5.73 Å². The van der Waals surface area contributed by atoms with E-state index in [1.165, 1.54) is 7.11 Å². The Kier molecular flexibility index (Phi) is 3.90. The lowest BCUT2D eigenvalue weighted by Crippen LogP contribution is -2.54. The Labute approximate surface area is 88.9 Å². The third-order valence-electron chi connectivity index (χ3n) is 2.71. The minimum Gasteiger partial charge on any atom is -0.453 e. The number of piperazine rings is 1. The summed E-state index contributed by atoms with van der Waals surface area (Å²) >= 11 is 0. The Hall–Kier alpha value is -1.30. The van der Waals surface area contributed by atoms with Crippen molar-refractivity contribution in [2.75, 3.05) is 33.3 Å². The van der Waals surface area contributed by atoms with Crippen LogP contribution in [-0.2, 0) is 9.53 Å². The minimum atomic E-state index is -0.332. The number of carbonyl (C=O) groups excluding carboxylic acids is 2. The highest BCUT2D eigenvalue weighted by molar-refractivity contribution is 5.79. The van der Waals surface area contributed by atoms with Crippen molar-refractivity contribution in [3.63, 3.8) is 0 Å². The van der Waals surface area contributed by atoms with Crippen LogP contribution in [0.3, 0.4) is 0 Å². The van der Waals surface area contributed by atoms with E-state index in [1.807, 2.05) is 4.90 Å². The lowest BCUT2D eigenvalue weighted by Gasteiger charge is -2.36. The quantitative estimate of drug-likeness (QED) is 0.657. The van der Waals surface area contributed by atoms with Crippen LogP contribution in [0.4, 0.5) is 4.79 Å². The summed E-state index contributed by atoms with van der Waals surface area (Å²) in [6.07, 6.45) is -0.318. The summed E-state index contributed by atoms with van der Waals surface area (Å²) in [5, 5.41) is 0. The van der Waals surface area contributed by atoms with Crippen molar-refractivity contribution in [2.45, 2.75) is 13.0 Å². The fourth-order valence-electron chi connectivity index (χ4n) is 1.60. The summed E-state index contributed by atoms with van der Waals surface area (Å²) in [6.45, 7) is 4.23. The van der Waals surface area contributed by atoms with Crippen molar-refractivity contribution in [1.82, 2.24) is 9.80 Å². The first kappa shape index (κ1) is 11.8. The summed E-state index contributed by atoms with van der Waals surface area (Å²) in [6, 6.07) is -0.273. The second kappa shape index (κ2) is 4.97. The van der Waals surface area contributed by atoms with Crippen molar-refractivity contribution >= 4 is 12.0 Å². The van der Waals surface area contributed by atoms with E-state index in [-0.39, 0.29) is 18.0 Å². The average molecular weight is 215 g/mol. The Balaban J connectivity index is 2.42. The topological polar surface area (TPSA) is 75.9 Å². The molecule has 86 valence electrons. The number of carbonyl (C=O) groups is 2. The van der Waals surface area contributed by atoms with Gasteiger partial charge in [0.2, 0.25) is 5.91 Å². The summed E-state index contributed by atoms with van der Waals surface area (Å²) < 4.78 is 4.61. The van der Waals surface area contributed by atoms with Gasteiger partial charge in [0.05, 0.1) is 13.2 Å².